The maximum Gasteiger partial charge on any atom is 0.337 e. The first kappa shape index (κ1) is 15.4. The van der Waals surface area contributed by atoms with Crippen LogP contribution in [0.5, 0.6) is 0 Å². The second-order valence-corrected chi connectivity index (χ2v) is 5.36. The van der Waals surface area contributed by atoms with Crippen molar-refractivity contribution in [1.82, 2.24) is 4.90 Å². The van der Waals surface area contributed by atoms with Crippen LogP contribution in [0.1, 0.15) is 36.5 Å². The predicted octanol–water partition coefficient (Wildman–Crippen LogP) is 3.13. The summed E-state index contributed by atoms with van der Waals surface area (Å²) in [5.74, 6) is 0.223. The Bertz CT molecular complexity index is 499. The van der Waals surface area contributed by atoms with E-state index in [-0.39, 0.29) is 12.0 Å². The first-order valence-electron chi connectivity index (χ1n) is 7.38. The molecule has 0 unspecified atom stereocenters. The molecule has 21 heavy (non-hydrogen) atoms. The molecule has 1 aromatic carbocycles. The van der Waals surface area contributed by atoms with Crippen LogP contribution in [0.25, 0.3) is 0 Å². The number of rotatable bonds is 3. The Hall–Kier alpha value is -2.04. The van der Waals surface area contributed by atoms with Crippen LogP contribution in [-0.2, 0) is 4.74 Å². The number of hydrogen-bond donors (Lipinski definition) is 1. The van der Waals surface area contributed by atoms with Gasteiger partial charge in [0.25, 0.3) is 0 Å². The highest BCUT2D eigenvalue weighted by Crippen LogP contribution is 2.20. The molecule has 0 aliphatic carbocycles. The molecule has 2 rings (SSSR count). The number of likely N-dealkylation sites (tertiary alicyclic amines) is 1. The Morgan fingerprint density at radius 3 is 2.67 bits per heavy atom. The average Bonchev–Trinajstić information content (AvgIpc) is 2.54. The largest absolute Gasteiger partial charge is 0.465 e. The van der Waals surface area contributed by atoms with Crippen LogP contribution in [-0.4, -0.2) is 37.1 Å². The van der Waals surface area contributed by atoms with Crippen molar-refractivity contribution < 1.29 is 14.3 Å². The van der Waals surface area contributed by atoms with Gasteiger partial charge < -0.3 is 15.0 Å². The number of hydrogen-bond acceptors (Lipinski definition) is 3. The van der Waals surface area contributed by atoms with Crippen molar-refractivity contribution in [2.45, 2.75) is 26.2 Å². The zero-order valence-electron chi connectivity index (χ0n) is 12.6. The number of amides is 2. The van der Waals surface area contributed by atoms with Crippen LogP contribution in [0, 0.1) is 5.92 Å². The monoisotopic (exact) mass is 290 g/mol. The van der Waals surface area contributed by atoms with Crippen LogP contribution >= 0.6 is 0 Å². The molecule has 0 aromatic heterocycles. The topological polar surface area (TPSA) is 58.6 Å². The Labute approximate surface area is 125 Å². The van der Waals surface area contributed by atoms with Gasteiger partial charge in [-0.25, -0.2) is 9.59 Å². The number of nitrogens with one attached hydrogen (secondary N) is 1. The molecule has 5 heteroatoms. The van der Waals surface area contributed by atoms with Gasteiger partial charge in [0, 0.05) is 18.8 Å². The molecule has 1 saturated heterocycles. The maximum atomic E-state index is 12.2. The molecule has 1 fully saturated rings. The number of nitrogens with zero attached hydrogens (tertiary/aromatic N) is 1. The number of anilines is 1. The summed E-state index contributed by atoms with van der Waals surface area (Å²) < 4.78 is 4.64. The molecule has 0 bridgehead atoms. The smallest absolute Gasteiger partial charge is 0.337 e. The van der Waals surface area contributed by atoms with Gasteiger partial charge in [-0.2, -0.15) is 0 Å². The minimum absolute atomic E-state index is 0.0704. The highest BCUT2D eigenvalue weighted by Gasteiger charge is 2.22. The van der Waals surface area contributed by atoms with E-state index in [0.717, 1.165) is 25.9 Å². The van der Waals surface area contributed by atoms with E-state index in [4.69, 9.17) is 0 Å². The van der Waals surface area contributed by atoms with E-state index >= 15 is 0 Å². The summed E-state index contributed by atoms with van der Waals surface area (Å²) in [4.78, 5) is 25.4. The summed E-state index contributed by atoms with van der Waals surface area (Å²) in [6.07, 6.45) is 3.37. The van der Waals surface area contributed by atoms with Gasteiger partial charge in [0.15, 0.2) is 0 Å². The van der Waals surface area contributed by atoms with Crippen molar-refractivity contribution in [3.8, 4) is 0 Å². The highest BCUT2D eigenvalue weighted by atomic mass is 16.5. The number of methoxy groups -OCH3 is 1. The molecule has 1 aliphatic heterocycles. The van der Waals surface area contributed by atoms with Gasteiger partial charge in [-0.3, -0.25) is 0 Å². The summed E-state index contributed by atoms with van der Waals surface area (Å²) in [5.41, 5.74) is 1.16. The summed E-state index contributed by atoms with van der Waals surface area (Å²) in [6.45, 7) is 3.79. The molecular formula is C16H22N2O3. The summed E-state index contributed by atoms with van der Waals surface area (Å²) in [5, 5.41) is 2.88. The lowest BCUT2D eigenvalue weighted by atomic mass is 9.96. The average molecular weight is 290 g/mol. The fraction of sp³-hybridized carbons (Fsp3) is 0.500. The molecular weight excluding hydrogens is 268 g/mol. The Kier molecular flexibility index (Phi) is 5.20. The van der Waals surface area contributed by atoms with E-state index < -0.39 is 0 Å². The van der Waals surface area contributed by atoms with Crippen molar-refractivity contribution in [3.63, 3.8) is 0 Å². The number of esters is 1. The van der Waals surface area contributed by atoms with Gasteiger partial charge in [0.05, 0.1) is 12.7 Å². The van der Waals surface area contributed by atoms with Gasteiger partial charge >= 0.3 is 12.0 Å². The molecule has 0 spiro atoms. The SMILES string of the molecule is CC[C@H]1CCCN(C(=O)Nc2ccc(C(=O)OC)cc2)C1. The number of piperidine rings is 1. The van der Waals surface area contributed by atoms with Gasteiger partial charge in [0.1, 0.15) is 0 Å². The molecule has 2 amide bonds. The van der Waals surface area contributed by atoms with Crippen LogP contribution in [0.3, 0.4) is 0 Å². The van der Waals surface area contributed by atoms with E-state index in [2.05, 4.69) is 17.0 Å². The van der Waals surface area contributed by atoms with Gasteiger partial charge in [0.2, 0.25) is 0 Å². The number of urea groups is 1. The zero-order chi connectivity index (χ0) is 15.2. The highest BCUT2D eigenvalue weighted by molar-refractivity contribution is 5.92. The van der Waals surface area contributed by atoms with Crippen LogP contribution < -0.4 is 5.32 Å². The molecule has 0 radical (unpaired) electrons. The molecule has 0 saturated carbocycles. The third kappa shape index (κ3) is 3.97. The molecule has 1 aromatic rings. The summed E-state index contributed by atoms with van der Waals surface area (Å²) in [6, 6.07) is 6.65. The number of carbonyl (C=O) groups excluding carboxylic acids is 2. The lowest BCUT2D eigenvalue weighted by Gasteiger charge is -2.32. The quantitative estimate of drug-likeness (QED) is 0.870. The Morgan fingerprint density at radius 1 is 1.33 bits per heavy atom. The molecule has 1 atom stereocenters. The first-order chi connectivity index (χ1) is 10.1. The molecule has 1 aliphatic rings. The van der Waals surface area contributed by atoms with E-state index in [1.165, 1.54) is 13.5 Å². The molecule has 114 valence electrons. The van der Waals surface area contributed by atoms with Crippen molar-refractivity contribution in [3.05, 3.63) is 29.8 Å². The van der Waals surface area contributed by atoms with E-state index in [0.29, 0.717) is 17.2 Å². The minimum Gasteiger partial charge on any atom is -0.465 e. The zero-order valence-corrected chi connectivity index (χ0v) is 12.6. The third-order valence-corrected chi connectivity index (χ3v) is 3.94. The van der Waals surface area contributed by atoms with Crippen LogP contribution in [0.15, 0.2) is 24.3 Å². The van der Waals surface area contributed by atoms with Crippen LogP contribution in [0.4, 0.5) is 10.5 Å². The summed E-state index contributed by atoms with van der Waals surface area (Å²) in [7, 11) is 1.35. The normalized spacial score (nSPS) is 18.2. The number of ether oxygens (including phenoxy) is 1. The lowest BCUT2D eigenvalue weighted by Crippen LogP contribution is -2.42. The minimum atomic E-state index is -0.380. The first-order valence-corrected chi connectivity index (χ1v) is 7.38. The van der Waals surface area contributed by atoms with Crippen molar-refractivity contribution >= 4 is 17.7 Å². The second-order valence-electron chi connectivity index (χ2n) is 5.36. The fourth-order valence-corrected chi connectivity index (χ4v) is 2.59. The number of benzene rings is 1. The third-order valence-electron chi connectivity index (χ3n) is 3.94. The molecule has 1 heterocycles. The van der Waals surface area contributed by atoms with E-state index in [9.17, 15) is 9.59 Å². The van der Waals surface area contributed by atoms with Gasteiger partial charge in [-0.05, 0) is 43.0 Å². The second kappa shape index (κ2) is 7.11. The number of carbonyl (C=O) groups is 2. The molecule has 5 nitrogen and oxygen atoms in total. The summed E-state index contributed by atoms with van der Waals surface area (Å²) >= 11 is 0. The van der Waals surface area contributed by atoms with Gasteiger partial charge in [-0.1, -0.05) is 13.3 Å². The standard InChI is InChI=1S/C16H22N2O3/c1-3-12-5-4-10-18(11-12)16(20)17-14-8-6-13(7-9-14)15(19)21-2/h6-9,12H,3-5,10-11H2,1-2H3,(H,17,20)/t12-/m0/s1. The fourth-order valence-electron chi connectivity index (χ4n) is 2.59. The van der Waals surface area contributed by atoms with Crippen LogP contribution in [0.2, 0.25) is 0 Å². The van der Waals surface area contributed by atoms with Crippen molar-refractivity contribution in [1.29, 1.82) is 0 Å². The lowest BCUT2D eigenvalue weighted by molar-refractivity contribution is 0.0601. The van der Waals surface area contributed by atoms with E-state index in [1.807, 2.05) is 4.90 Å². The molecule has 1 N–H and O–H groups in total. The van der Waals surface area contributed by atoms with E-state index in [1.54, 1.807) is 24.3 Å². The van der Waals surface area contributed by atoms with Gasteiger partial charge in [-0.15, -0.1) is 0 Å². The van der Waals surface area contributed by atoms with Crippen molar-refractivity contribution in [2.24, 2.45) is 5.92 Å². The Morgan fingerprint density at radius 2 is 2.05 bits per heavy atom. The maximum absolute atomic E-state index is 12.2. The predicted molar refractivity (Wildman–Crippen MR) is 81.4 cm³/mol. The Balaban J connectivity index is 1.94. The van der Waals surface area contributed by atoms with Crippen molar-refractivity contribution in [2.75, 3.05) is 25.5 Å².